The van der Waals surface area contributed by atoms with E-state index in [1.807, 2.05) is 6.26 Å². The van der Waals surface area contributed by atoms with E-state index >= 15 is 0 Å². The molecule has 1 aromatic rings. The number of hydrogen-bond donors (Lipinski definition) is 1. The number of nitrogens with zero attached hydrogens (tertiary/aromatic N) is 1. The van der Waals surface area contributed by atoms with Crippen molar-refractivity contribution in [1.82, 2.24) is 4.57 Å². The monoisotopic (exact) mass is 315 g/mol. The number of thioether (sulfide) groups is 1. The van der Waals surface area contributed by atoms with Crippen LogP contribution in [0.3, 0.4) is 0 Å². The number of aromatic nitrogens is 1. The summed E-state index contributed by atoms with van der Waals surface area (Å²) in [7, 11) is 1.22. The zero-order chi connectivity index (χ0) is 16.2. The van der Waals surface area contributed by atoms with Crippen molar-refractivity contribution in [2.75, 3.05) is 19.1 Å². The first-order chi connectivity index (χ1) is 9.71. The number of esters is 1. The summed E-state index contributed by atoms with van der Waals surface area (Å²) in [6, 6.07) is 0. The molecule has 0 bridgehead atoms. The van der Waals surface area contributed by atoms with Gasteiger partial charge in [0.25, 0.3) is 0 Å². The van der Waals surface area contributed by atoms with Crippen LogP contribution < -0.4 is 0 Å². The molecule has 0 spiro atoms. The van der Waals surface area contributed by atoms with Gasteiger partial charge in [0.05, 0.1) is 12.8 Å². The molecule has 0 saturated heterocycles. The van der Waals surface area contributed by atoms with Gasteiger partial charge < -0.3 is 14.6 Å². The van der Waals surface area contributed by atoms with Crippen LogP contribution >= 0.6 is 11.8 Å². The lowest BCUT2D eigenvalue weighted by atomic mass is 10.2. The summed E-state index contributed by atoms with van der Waals surface area (Å²) in [5, 5.41) is 10.1. The highest BCUT2D eigenvalue weighted by molar-refractivity contribution is 7.98. The van der Waals surface area contributed by atoms with Crippen LogP contribution in [0.25, 0.3) is 0 Å². The molecule has 1 rings (SSSR count). The third-order valence-electron chi connectivity index (χ3n) is 2.62. The zero-order valence-corrected chi connectivity index (χ0v) is 13.7. The van der Waals surface area contributed by atoms with Gasteiger partial charge in [-0.1, -0.05) is 0 Å². The third kappa shape index (κ3) is 4.42. The van der Waals surface area contributed by atoms with Crippen molar-refractivity contribution < 1.29 is 24.2 Å². The second-order valence-corrected chi connectivity index (χ2v) is 6.41. The van der Waals surface area contributed by atoms with Gasteiger partial charge in [0, 0.05) is 12.6 Å². The van der Waals surface area contributed by atoms with Crippen LogP contribution in [0.4, 0.5) is 4.79 Å². The van der Waals surface area contributed by atoms with E-state index in [9.17, 15) is 14.7 Å². The summed E-state index contributed by atoms with van der Waals surface area (Å²) in [5.74, 6) is -0.233. The minimum Gasteiger partial charge on any atom is -0.505 e. The molecule has 6 nitrogen and oxygen atoms in total. The highest BCUT2D eigenvalue weighted by Gasteiger charge is 2.26. The summed E-state index contributed by atoms with van der Waals surface area (Å²) in [5.41, 5.74) is -0.363. The Morgan fingerprint density at radius 2 is 2.00 bits per heavy atom. The van der Waals surface area contributed by atoms with Crippen LogP contribution in [-0.2, 0) is 15.9 Å². The molecule has 1 heterocycles. The molecular weight excluding hydrogens is 294 g/mol. The predicted octanol–water partition coefficient (Wildman–Crippen LogP) is 2.67. The zero-order valence-electron chi connectivity index (χ0n) is 12.9. The number of methoxy groups -OCH3 is 1. The number of carbonyl (C=O) groups is 2. The summed E-state index contributed by atoms with van der Waals surface area (Å²) >= 11 is 1.57. The van der Waals surface area contributed by atoms with Crippen LogP contribution in [0.2, 0.25) is 0 Å². The summed E-state index contributed by atoms with van der Waals surface area (Å²) in [6.07, 6.45) is 2.97. The maximum Gasteiger partial charge on any atom is 0.418 e. The van der Waals surface area contributed by atoms with Gasteiger partial charge in [0.15, 0.2) is 5.75 Å². The average molecular weight is 315 g/mol. The van der Waals surface area contributed by atoms with Gasteiger partial charge in [-0.3, -0.25) is 4.57 Å². The SMILES string of the molecule is COC(=O)c1cn(C(=O)OC(C)(C)C)c(CCSC)c1O. The van der Waals surface area contributed by atoms with E-state index in [4.69, 9.17) is 4.74 Å². The van der Waals surface area contributed by atoms with Crippen LogP contribution in [0, 0.1) is 0 Å². The summed E-state index contributed by atoms with van der Waals surface area (Å²) in [6.45, 7) is 5.24. The molecule has 0 amide bonds. The molecule has 118 valence electrons. The fraction of sp³-hybridized carbons (Fsp3) is 0.571. The van der Waals surface area contributed by atoms with E-state index in [1.165, 1.54) is 17.9 Å². The van der Waals surface area contributed by atoms with Crippen LogP contribution in [0.1, 0.15) is 36.8 Å². The molecule has 0 radical (unpaired) electrons. The Kier molecular flexibility index (Phi) is 5.71. The van der Waals surface area contributed by atoms with Gasteiger partial charge in [0.1, 0.15) is 11.2 Å². The molecule has 0 aliphatic rings. The van der Waals surface area contributed by atoms with Crippen LogP contribution in [0.5, 0.6) is 5.75 Å². The molecular formula is C14H21NO5S. The molecule has 1 N–H and O–H groups in total. The number of ether oxygens (including phenoxy) is 2. The Morgan fingerprint density at radius 1 is 1.38 bits per heavy atom. The van der Waals surface area contributed by atoms with Crippen molar-refractivity contribution in [2.24, 2.45) is 0 Å². The lowest BCUT2D eigenvalue weighted by molar-refractivity contribution is 0.0532. The van der Waals surface area contributed by atoms with Gasteiger partial charge >= 0.3 is 12.1 Å². The van der Waals surface area contributed by atoms with Gasteiger partial charge in [0.2, 0.25) is 0 Å². The normalized spacial score (nSPS) is 11.3. The minimum absolute atomic E-state index is 0.0422. The fourth-order valence-electron chi connectivity index (χ4n) is 1.71. The number of carbonyl (C=O) groups excluding carboxylic acids is 2. The quantitative estimate of drug-likeness (QED) is 0.861. The molecule has 1 aromatic heterocycles. The highest BCUT2D eigenvalue weighted by Crippen LogP contribution is 2.28. The molecule has 0 saturated carbocycles. The Balaban J connectivity index is 3.22. The minimum atomic E-state index is -0.694. The fourth-order valence-corrected chi connectivity index (χ4v) is 2.11. The van der Waals surface area contributed by atoms with Gasteiger partial charge in [-0.05, 0) is 32.8 Å². The molecule has 0 fully saturated rings. The maximum atomic E-state index is 12.2. The van der Waals surface area contributed by atoms with Crippen molar-refractivity contribution in [3.8, 4) is 5.75 Å². The first-order valence-electron chi connectivity index (χ1n) is 6.45. The lowest BCUT2D eigenvalue weighted by Gasteiger charge is -2.20. The topological polar surface area (TPSA) is 77.8 Å². The highest BCUT2D eigenvalue weighted by atomic mass is 32.2. The molecule has 0 aliphatic heterocycles. The van der Waals surface area contributed by atoms with Gasteiger partial charge in [-0.2, -0.15) is 11.8 Å². The Bertz CT molecular complexity index is 530. The van der Waals surface area contributed by atoms with Crippen molar-refractivity contribution >= 4 is 23.8 Å². The Hall–Kier alpha value is -1.63. The first kappa shape index (κ1) is 17.4. The number of hydrogen-bond acceptors (Lipinski definition) is 6. The summed E-state index contributed by atoms with van der Waals surface area (Å²) in [4.78, 5) is 23.8. The van der Waals surface area contributed by atoms with Crippen molar-refractivity contribution in [3.63, 3.8) is 0 Å². The standard InChI is InChI=1S/C14H21NO5S/c1-14(2,3)20-13(18)15-8-9(12(17)19-4)11(16)10(15)6-7-21-5/h8,16H,6-7H2,1-5H3. The lowest BCUT2D eigenvalue weighted by Crippen LogP contribution is -2.27. The molecule has 0 unspecified atom stereocenters. The first-order valence-corrected chi connectivity index (χ1v) is 7.84. The Morgan fingerprint density at radius 3 is 2.48 bits per heavy atom. The molecule has 21 heavy (non-hydrogen) atoms. The predicted molar refractivity (Wildman–Crippen MR) is 81.2 cm³/mol. The number of rotatable bonds is 4. The maximum absolute atomic E-state index is 12.2. The van der Waals surface area contributed by atoms with E-state index < -0.39 is 17.7 Å². The average Bonchev–Trinajstić information content (AvgIpc) is 2.71. The second kappa shape index (κ2) is 6.89. The van der Waals surface area contributed by atoms with Crippen molar-refractivity contribution in [1.29, 1.82) is 0 Å². The molecule has 0 aromatic carbocycles. The van der Waals surface area contributed by atoms with Crippen molar-refractivity contribution in [2.45, 2.75) is 32.8 Å². The van der Waals surface area contributed by atoms with E-state index in [1.54, 1.807) is 32.5 Å². The smallest absolute Gasteiger partial charge is 0.418 e. The van der Waals surface area contributed by atoms with Gasteiger partial charge in [-0.15, -0.1) is 0 Å². The number of aromatic hydroxyl groups is 1. The third-order valence-corrected chi connectivity index (χ3v) is 3.23. The Labute approximate surface area is 128 Å². The largest absolute Gasteiger partial charge is 0.505 e. The summed E-state index contributed by atoms with van der Waals surface area (Å²) < 4.78 is 11.1. The van der Waals surface area contributed by atoms with Crippen LogP contribution in [0.15, 0.2) is 6.20 Å². The van der Waals surface area contributed by atoms with E-state index in [2.05, 4.69) is 4.74 Å². The van der Waals surface area contributed by atoms with E-state index in [0.717, 1.165) is 0 Å². The van der Waals surface area contributed by atoms with E-state index in [-0.39, 0.29) is 11.3 Å². The molecule has 0 atom stereocenters. The van der Waals surface area contributed by atoms with Crippen LogP contribution in [-0.4, -0.2) is 46.5 Å². The molecule has 0 aliphatic carbocycles. The van der Waals surface area contributed by atoms with Gasteiger partial charge in [-0.25, -0.2) is 9.59 Å². The van der Waals surface area contributed by atoms with Crippen molar-refractivity contribution in [3.05, 3.63) is 17.5 Å². The second-order valence-electron chi connectivity index (χ2n) is 5.42. The molecule has 7 heteroatoms. The van der Waals surface area contributed by atoms with E-state index in [0.29, 0.717) is 17.9 Å².